The normalized spacial score (nSPS) is 25.5. The van der Waals surface area contributed by atoms with E-state index in [0.29, 0.717) is 25.4 Å². The first-order valence-corrected chi connectivity index (χ1v) is 7.10. The highest BCUT2D eigenvalue weighted by molar-refractivity contribution is 5.79. The summed E-state index contributed by atoms with van der Waals surface area (Å²) in [4.78, 5) is 11.9. The van der Waals surface area contributed by atoms with Gasteiger partial charge in [0.05, 0.1) is 6.61 Å². The van der Waals surface area contributed by atoms with Gasteiger partial charge in [0.2, 0.25) is 0 Å². The van der Waals surface area contributed by atoms with Crippen molar-refractivity contribution in [1.82, 2.24) is 0 Å². The highest BCUT2D eigenvalue weighted by Crippen LogP contribution is 2.30. The van der Waals surface area contributed by atoms with E-state index >= 15 is 0 Å². The Kier molecular flexibility index (Phi) is 4.43. The molecule has 2 rings (SSSR count). The van der Waals surface area contributed by atoms with Crippen LogP contribution in [0, 0.1) is 5.92 Å². The summed E-state index contributed by atoms with van der Waals surface area (Å²) in [6.45, 7) is 0.515. The van der Waals surface area contributed by atoms with E-state index in [2.05, 4.69) is 0 Å². The number of hydrogen-bond acceptors (Lipinski definition) is 3. The lowest BCUT2D eigenvalue weighted by Crippen LogP contribution is -2.42. The predicted octanol–water partition coefficient (Wildman–Crippen LogP) is 2.81. The van der Waals surface area contributed by atoms with Gasteiger partial charge in [-0.05, 0) is 44.4 Å². The molecule has 2 saturated carbocycles. The molecule has 0 atom stereocenters. The van der Waals surface area contributed by atoms with Gasteiger partial charge < -0.3 is 9.84 Å². The molecule has 0 bridgehead atoms. The topological polar surface area (TPSA) is 46.5 Å². The second kappa shape index (κ2) is 5.85. The van der Waals surface area contributed by atoms with Crippen molar-refractivity contribution in [1.29, 1.82) is 0 Å². The molecule has 0 radical (unpaired) electrons. The standard InChI is InChI=1S/C14H24O3/c15-13(14(16)9-5-2-6-10-14)17-11-12-7-3-1-4-8-12/h12,16H,1-11H2. The quantitative estimate of drug-likeness (QED) is 0.772. The van der Waals surface area contributed by atoms with E-state index in [1.807, 2.05) is 0 Å². The van der Waals surface area contributed by atoms with E-state index in [4.69, 9.17) is 4.74 Å². The molecule has 0 amide bonds. The molecule has 0 aromatic heterocycles. The van der Waals surface area contributed by atoms with Crippen molar-refractivity contribution < 1.29 is 14.6 Å². The Morgan fingerprint density at radius 1 is 1.06 bits per heavy atom. The number of hydrogen-bond donors (Lipinski definition) is 1. The Labute approximate surface area is 104 Å². The van der Waals surface area contributed by atoms with E-state index < -0.39 is 5.60 Å². The lowest BCUT2D eigenvalue weighted by atomic mass is 9.85. The average Bonchev–Trinajstić information content (AvgIpc) is 2.38. The molecule has 2 fully saturated rings. The van der Waals surface area contributed by atoms with Crippen LogP contribution in [0.25, 0.3) is 0 Å². The van der Waals surface area contributed by atoms with Gasteiger partial charge in [-0.2, -0.15) is 0 Å². The lowest BCUT2D eigenvalue weighted by Gasteiger charge is -2.30. The average molecular weight is 240 g/mol. The first kappa shape index (κ1) is 12.9. The summed E-state index contributed by atoms with van der Waals surface area (Å²) in [6, 6.07) is 0. The molecule has 0 heterocycles. The predicted molar refractivity (Wildman–Crippen MR) is 65.6 cm³/mol. The van der Waals surface area contributed by atoms with E-state index in [-0.39, 0.29) is 5.97 Å². The number of aliphatic hydroxyl groups is 1. The highest BCUT2D eigenvalue weighted by Gasteiger charge is 2.38. The molecular weight excluding hydrogens is 216 g/mol. The minimum Gasteiger partial charge on any atom is -0.463 e. The summed E-state index contributed by atoms with van der Waals surface area (Å²) in [6.07, 6.45) is 10.3. The van der Waals surface area contributed by atoms with Crippen LogP contribution < -0.4 is 0 Å². The minimum atomic E-state index is -1.17. The van der Waals surface area contributed by atoms with Gasteiger partial charge in [0.25, 0.3) is 0 Å². The highest BCUT2D eigenvalue weighted by atomic mass is 16.5. The third-order valence-electron chi connectivity index (χ3n) is 4.24. The Hall–Kier alpha value is -0.570. The Balaban J connectivity index is 1.75. The molecule has 2 aliphatic rings. The van der Waals surface area contributed by atoms with Gasteiger partial charge in [0, 0.05) is 0 Å². The first-order valence-electron chi connectivity index (χ1n) is 7.10. The van der Waals surface area contributed by atoms with Crippen molar-refractivity contribution in [2.45, 2.75) is 69.8 Å². The zero-order valence-corrected chi connectivity index (χ0v) is 10.6. The van der Waals surface area contributed by atoms with Crippen molar-refractivity contribution in [3.8, 4) is 0 Å². The first-order chi connectivity index (χ1) is 8.21. The molecule has 3 nitrogen and oxygen atoms in total. The molecule has 2 aliphatic carbocycles. The van der Waals surface area contributed by atoms with Gasteiger partial charge in [-0.3, -0.25) is 0 Å². The molecule has 98 valence electrons. The molecule has 1 N–H and O–H groups in total. The maximum atomic E-state index is 11.9. The molecule has 0 spiro atoms. The molecule has 3 heteroatoms. The van der Waals surface area contributed by atoms with Crippen molar-refractivity contribution in [3.05, 3.63) is 0 Å². The van der Waals surface area contributed by atoms with Crippen LogP contribution in [0.3, 0.4) is 0 Å². The van der Waals surface area contributed by atoms with Gasteiger partial charge in [0.1, 0.15) is 0 Å². The lowest BCUT2D eigenvalue weighted by molar-refractivity contribution is -0.170. The van der Waals surface area contributed by atoms with Crippen LogP contribution in [0.2, 0.25) is 0 Å². The summed E-state index contributed by atoms with van der Waals surface area (Å²) in [5.74, 6) is 0.155. The Morgan fingerprint density at radius 2 is 1.65 bits per heavy atom. The van der Waals surface area contributed by atoms with Crippen LogP contribution in [-0.4, -0.2) is 23.3 Å². The van der Waals surface area contributed by atoms with Crippen molar-refractivity contribution in [2.75, 3.05) is 6.61 Å². The van der Waals surface area contributed by atoms with Gasteiger partial charge >= 0.3 is 5.97 Å². The molecule has 0 aliphatic heterocycles. The van der Waals surface area contributed by atoms with E-state index in [1.165, 1.54) is 32.1 Å². The minimum absolute atomic E-state index is 0.372. The van der Waals surface area contributed by atoms with Crippen LogP contribution in [0.15, 0.2) is 0 Å². The summed E-state index contributed by atoms with van der Waals surface area (Å²) in [5, 5.41) is 10.2. The molecule has 17 heavy (non-hydrogen) atoms. The summed E-state index contributed by atoms with van der Waals surface area (Å²) in [7, 11) is 0. The Morgan fingerprint density at radius 3 is 2.29 bits per heavy atom. The second-order valence-electron chi connectivity index (χ2n) is 5.69. The fourth-order valence-electron chi connectivity index (χ4n) is 3.02. The van der Waals surface area contributed by atoms with Crippen molar-refractivity contribution in [3.63, 3.8) is 0 Å². The van der Waals surface area contributed by atoms with Gasteiger partial charge in [0.15, 0.2) is 5.60 Å². The van der Waals surface area contributed by atoms with E-state index in [1.54, 1.807) is 0 Å². The van der Waals surface area contributed by atoms with Crippen LogP contribution in [0.1, 0.15) is 64.2 Å². The fourth-order valence-corrected chi connectivity index (χ4v) is 3.02. The van der Waals surface area contributed by atoms with Crippen LogP contribution in [0.4, 0.5) is 0 Å². The number of rotatable bonds is 3. The van der Waals surface area contributed by atoms with Crippen molar-refractivity contribution in [2.24, 2.45) is 5.92 Å². The number of ether oxygens (including phenoxy) is 1. The van der Waals surface area contributed by atoms with Gasteiger partial charge in [-0.25, -0.2) is 4.79 Å². The molecular formula is C14H24O3. The van der Waals surface area contributed by atoms with Crippen LogP contribution in [0.5, 0.6) is 0 Å². The third-order valence-corrected chi connectivity index (χ3v) is 4.24. The van der Waals surface area contributed by atoms with Crippen molar-refractivity contribution >= 4 is 5.97 Å². The Bertz CT molecular complexity index is 250. The molecule has 0 aromatic rings. The zero-order valence-electron chi connectivity index (χ0n) is 10.6. The summed E-state index contributed by atoms with van der Waals surface area (Å²) < 4.78 is 5.34. The van der Waals surface area contributed by atoms with Gasteiger partial charge in [-0.1, -0.05) is 25.7 Å². The molecule has 0 aromatic carbocycles. The third kappa shape index (κ3) is 3.44. The van der Waals surface area contributed by atoms with Crippen LogP contribution in [-0.2, 0) is 9.53 Å². The zero-order chi connectivity index (χ0) is 12.1. The molecule has 0 saturated heterocycles. The maximum absolute atomic E-state index is 11.9. The molecule has 0 unspecified atom stereocenters. The number of carbonyl (C=O) groups is 1. The largest absolute Gasteiger partial charge is 0.463 e. The van der Waals surface area contributed by atoms with Gasteiger partial charge in [-0.15, -0.1) is 0 Å². The number of esters is 1. The van der Waals surface area contributed by atoms with E-state index in [0.717, 1.165) is 19.3 Å². The number of carbonyl (C=O) groups excluding carboxylic acids is 1. The van der Waals surface area contributed by atoms with Crippen LogP contribution >= 0.6 is 0 Å². The SMILES string of the molecule is O=C(OCC1CCCCC1)C1(O)CCCCC1. The fraction of sp³-hybridized carbons (Fsp3) is 0.929. The summed E-state index contributed by atoms with van der Waals surface area (Å²) >= 11 is 0. The smallest absolute Gasteiger partial charge is 0.338 e. The summed E-state index contributed by atoms with van der Waals surface area (Å²) in [5.41, 5.74) is -1.17. The van der Waals surface area contributed by atoms with E-state index in [9.17, 15) is 9.90 Å². The monoisotopic (exact) mass is 240 g/mol. The maximum Gasteiger partial charge on any atom is 0.338 e. The second-order valence-corrected chi connectivity index (χ2v) is 5.69.